The van der Waals surface area contributed by atoms with Crippen LogP contribution in [0, 0.1) is 0 Å². The number of hydrogen-bond donors (Lipinski definition) is 0. The maximum atomic E-state index is 5.87. The molecule has 72 valence electrons. The molecule has 0 amide bonds. The zero-order valence-electron chi connectivity index (χ0n) is 7.23. The molecule has 1 aromatic carbocycles. The molecule has 0 aromatic heterocycles. The van der Waals surface area contributed by atoms with Gasteiger partial charge in [0.15, 0.2) is 0 Å². The summed E-state index contributed by atoms with van der Waals surface area (Å²) in [4.78, 5) is 2.02. The molecule has 0 fully saturated rings. The normalized spacial score (nSPS) is 10.2. The van der Waals surface area contributed by atoms with Crippen molar-refractivity contribution in [3.63, 3.8) is 0 Å². The standard InChI is InChI=1S/C9H10Cl3N/c1-13(5-4-10)7-2-3-8(11)9(12)6-7/h2-3,6H,4-5H2,1H3. The van der Waals surface area contributed by atoms with E-state index in [1.165, 1.54) is 0 Å². The van der Waals surface area contributed by atoms with Crippen LogP contribution in [0.1, 0.15) is 0 Å². The highest BCUT2D eigenvalue weighted by atomic mass is 35.5. The molecule has 1 aromatic rings. The fraction of sp³-hybridized carbons (Fsp3) is 0.333. The fourth-order valence-electron chi connectivity index (χ4n) is 0.978. The Kier molecular flexibility index (Phi) is 4.17. The van der Waals surface area contributed by atoms with Crippen molar-refractivity contribution in [1.82, 2.24) is 0 Å². The van der Waals surface area contributed by atoms with Crippen LogP contribution in [0.5, 0.6) is 0 Å². The van der Waals surface area contributed by atoms with Crippen LogP contribution in [0.3, 0.4) is 0 Å². The predicted octanol–water partition coefficient (Wildman–Crippen LogP) is 3.67. The average Bonchev–Trinajstić information content (AvgIpc) is 2.10. The van der Waals surface area contributed by atoms with Crippen LogP contribution in [0.4, 0.5) is 5.69 Å². The van der Waals surface area contributed by atoms with Gasteiger partial charge >= 0.3 is 0 Å². The molecule has 0 N–H and O–H groups in total. The summed E-state index contributed by atoms with van der Waals surface area (Å²) in [6.45, 7) is 0.791. The van der Waals surface area contributed by atoms with Crippen LogP contribution in [0.15, 0.2) is 18.2 Å². The first-order chi connectivity index (χ1) is 6.15. The van der Waals surface area contributed by atoms with Crippen molar-refractivity contribution in [3.05, 3.63) is 28.2 Å². The first-order valence-corrected chi connectivity index (χ1v) is 5.16. The third-order valence-electron chi connectivity index (χ3n) is 1.76. The van der Waals surface area contributed by atoms with Crippen molar-refractivity contribution >= 4 is 40.5 Å². The minimum Gasteiger partial charge on any atom is -0.373 e. The van der Waals surface area contributed by atoms with Crippen LogP contribution in [0.2, 0.25) is 10.0 Å². The number of hydrogen-bond acceptors (Lipinski definition) is 1. The van der Waals surface area contributed by atoms with Crippen molar-refractivity contribution in [3.8, 4) is 0 Å². The molecule has 0 heterocycles. The monoisotopic (exact) mass is 237 g/mol. The van der Waals surface area contributed by atoms with Gasteiger partial charge in [-0.1, -0.05) is 23.2 Å². The minimum absolute atomic E-state index is 0.570. The van der Waals surface area contributed by atoms with Crippen LogP contribution >= 0.6 is 34.8 Å². The smallest absolute Gasteiger partial charge is 0.0612 e. The highest BCUT2D eigenvalue weighted by Crippen LogP contribution is 2.26. The lowest BCUT2D eigenvalue weighted by Gasteiger charge is -2.17. The summed E-state index contributed by atoms with van der Waals surface area (Å²) in [6.07, 6.45) is 0. The molecule has 0 bridgehead atoms. The van der Waals surface area contributed by atoms with E-state index in [4.69, 9.17) is 34.8 Å². The van der Waals surface area contributed by atoms with Crippen molar-refractivity contribution in [1.29, 1.82) is 0 Å². The number of anilines is 1. The van der Waals surface area contributed by atoms with Crippen molar-refractivity contribution in [2.75, 3.05) is 24.4 Å². The van der Waals surface area contributed by atoms with Gasteiger partial charge in [-0.15, -0.1) is 11.6 Å². The average molecular weight is 239 g/mol. The van der Waals surface area contributed by atoms with Gasteiger partial charge < -0.3 is 4.90 Å². The largest absolute Gasteiger partial charge is 0.373 e. The highest BCUT2D eigenvalue weighted by molar-refractivity contribution is 6.42. The van der Waals surface area contributed by atoms with E-state index in [0.717, 1.165) is 12.2 Å². The van der Waals surface area contributed by atoms with Gasteiger partial charge in [0.25, 0.3) is 0 Å². The van der Waals surface area contributed by atoms with Crippen LogP contribution < -0.4 is 4.90 Å². The molecular formula is C9H10Cl3N. The molecule has 0 spiro atoms. The van der Waals surface area contributed by atoms with E-state index in [9.17, 15) is 0 Å². The zero-order chi connectivity index (χ0) is 9.84. The summed E-state index contributed by atoms with van der Waals surface area (Å²) in [5, 5.41) is 1.14. The van der Waals surface area contributed by atoms with Crippen LogP contribution in [-0.4, -0.2) is 19.5 Å². The molecule has 1 rings (SSSR count). The molecule has 0 unspecified atom stereocenters. The lowest BCUT2D eigenvalue weighted by Crippen LogP contribution is -2.19. The first-order valence-electron chi connectivity index (χ1n) is 3.87. The number of nitrogens with zero attached hydrogens (tertiary/aromatic N) is 1. The quantitative estimate of drug-likeness (QED) is 0.726. The summed E-state index contributed by atoms with van der Waals surface area (Å²) in [7, 11) is 1.96. The lowest BCUT2D eigenvalue weighted by molar-refractivity contribution is 0.974. The van der Waals surface area contributed by atoms with Gasteiger partial charge in [-0.05, 0) is 18.2 Å². The molecule has 4 heteroatoms. The summed E-state index contributed by atoms with van der Waals surface area (Å²) in [5.74, 6) is 0.594. The summed E-state index contributed by atoms with van der Waals surface area (Å²) >= 11 is 17.3. The molecule has 0 aliphatic rings. The van der Waals surface area contributed by atoms with E-state index in [0.29, 0.717) is 15.9 Å². The van der Waals surface area contributed by atoms with E-state index in [1.807, 2.05) is 24.1 Å². The third-order valence-corrected chi connectivity index (χ3v) is 2.67. The SMILES string of the molecule is CN(CCCl)c1ccc(Cl)c(Cl)c1. The molecule has 0 atom stereocenters. The Morgan fingerprint density at radius 3 is 2.46 bits per heavy atom. The highest BCUT2D eigenvalue weighted by Gasteiger charge is 2.02. The Hall–Kier alpha value is -0.110. The van der Waals surface area contributed by atoms with Crippen molar-refractivity contribution in [2.24, 2.45) is 0 Å². The van der Waals surface area contributed by atoms with E-state index in [2.05, 4.69) is 0 Å². The van der Waals surface area contributed by atoms with Gasteiger partial charge in [0.05, 0.1) is 10.0 Å². The van der Waals surface area contributed by atoms with Gasteiger partial charge in [0.2, 0.25) is 0 Å². The van der Waals surface area contributed by atoms with Gasteiger partial charge in [-0.25, -0.2) is 0 Å². The molecule has 1 nitrogen and oxygen atoms in total. The first kappa shape index (κ1) is 11.0. The molecule has 0 radical (unpaired) electrons. The maximum absolute atomic E-state index is 5.87. The van der Waals surface area contributed by atoms with Gasteiger partial charge in [0, 0.05) is 25.2 Å². The second-order valence-electron chi connectivity index (χ2n) is 2.71. The lowest BCUT2D eigenvalue weighted by atomic mass is 10.3. The summed E-state index contributed by atoms with van der Waals surface area (Å²) in [5.41, 5.74) is 1.02. The molecular weight excluding hydrogens is 228 g/mol. The van der Waals surface area contributed by atoms with E-state index >= 15 is 0 Å². The van der Waals surface area contributed by atoms with Gasteiger partial charge in [-0.2, -0.15) is 0 Å². The second kappa shape index (κ2) is 4.94. The molecule has 0 saturated carbocycles. The third kappa shape index (κ3) is 2.94. The molecule has 0 aliphatic heterocycles. The van der Waals surface area contributed by atoms with Crippen LogP contribution in [0.25, 0.3) is 0 Å². The Bertz CT molecular complexity index is 288. The molecule has 0 aliphatic carbocycles. The van der Waals surface area contributed by atoms with E-state index in [1.54, 1.807) is 6.07 Å². The Balaban J connectivity index is 2.84. The summed E-state index contributed by atoms with van der Waals surface area (Å²) < 4.78 is 0. The van der Waals surface area contributed by atoms with Crippen LogP contribution in [-0.2, 0) is 0 Å². The predicted molar refractivity (Wildman–Crippen MR) is 60.5 cm³/mol. The van der Waals surface area contributed by atoms with Crippen molar-refractivity contribution in [2.45, 2.75) is 0 Å². The van der Waals surface area contributed by atoms with Gasteiger partial charge in [-0.3, -0.25) is 0 Å². The zero-order valence-corrected chi connectivity index (χ0v) is 9.50. The summed E-state index contributed by atoms with van der Waals surface area (Å²) in [6, 6.07) is 5.53. The second-order valence-corrected chi connectivity index (χ2v) is 3.90. The topological polar surface area (TPSA) is 3.24 Å². The number of benzene rings is 1. The number of halogens is 3. The fourth-order valence-corrected chi connectivity index (χ4v) is 1.52. The number of alkyl halides is 1. The van der Waals surface area contributed by atoms with Gasteiger partial charge in [0.1, 0.15) is 0 Å². The Labute approximate surface area is 93.2 Å². The minimum atomic E-state index is 0.570. The molecule has 0 saturated heterocycles. The Morgan fingerprint density at radius 2 is 1.92 bits per heavy atom. The van der Waals surface area contributed by atoms with E-state index < -0.39 is 0 Å². The van der Waals surface area contributed by atoms with Crippen molar-refractivity contribution < 1.29 is 0 Å². The molecule has 13 heavy (non-hydrogen) atoms. The maximum Gasteiger partial charge on any atom is 0.0612 e. The Morgan fingerprint density at radius 1 is 1.23 bits per heavy atom. The number of rotatable bonds is 3. The van der Waals surface area contributed by atoms with E-state index in [-0.39, 0.29) is 0 Å².